The fourth-order valence-electron chi connectivity index (χ4n) is 1.81. The van der Waals surface area contributed by atoms with Gasteiger partial charge in [0, 0.05) is 5.56 Å². The summed E-state index contributed by atoms with van der Waals surface area (Å²) in [4.78, 5) is 22.3. The van der Waals surface area contributed by atoms with Crippen LogP contribution in [0.3, 0.4) is 0 Å². The Morgan fingerprint density at radius 1 is 1.10 bits per heavy atom. The van der Waals surface area contributed by atoms with Crippen molar-refractivity contribution in [2.45, 2.75) is 13.8 Å². The predicted octanol–water partition coefficient (Wildman–Crippen LogP) is 3.83. The van der Waals surface area contributed by atoms with E-state index in [1.54, 1.807) is 13.0 Å². The molecule has 0 atom stereocenters. The Hall–Kier alpha value is -2.69. The summed E-state index contributed by atoms with van der Waals surface area (Å²) in [6, 6.07) is 8.34. The number of carboxylic acids is 1. The van der Waals surface area contributed by atoms with E-state index < -0.39 is 11.8 Å². The SMILES string of the molecule is CC(=O)c1ccc(Oc2cc(C)ccc2C(=O)O)c(F)c1. The molecule has 0 aliphatic heterocycles. The highest BCUT2D eigenvalue weighted by Gasteiger charge is 2.15. The average Bonchev–Trinajstić information content (AvgIpc) is 2.40. The van der Waals surface area contributed by atoms with E-state index in [-0.39, 0.29) is 28.4 Å². The van der Waals surface area contributed by atoms with E-state index in [0.717, 1.165) is 11.6 Å². The molecule has 2 rings (SSSR count). The van der Waals surface area contributed by atoms with Gasteiger partial charge in [-0.3, -0.25) is 4.79 Å². The number of Topliss-reactive ketones (excluding diaryl/α,β-unsaturated/α-hetero) is 1. The van der Waals surface area contributed by atoms with Gasteiger partial charge in [0.25, 0.3) is 0 Å². The van der Waals surface area contributed by atoms with Crippen LogP contribution in [-0.4, -0.2) is 16.9 Å². The molecule has 21 heavy (non-hydrogen) atoms. The second-order valence-corrected chi connectivity index (χ2v) is 4.61. The van der Waals surface area contributed by atoms with Crippen molar-refractivity contribution in [2.24, 2.45) is 0 Å². The molecule has 2 aromatic carbocycles. The number of hydrogen-bond donors (Lipinski definition) is 1. The number of carbonyl (C=O) groups is 2. The molecule has 108 valence electrons. The molecule has 0 fully saturated rings. The summed E-state index contributed by atoms with van der Waals surface area (Å²) in [6.07, 6.45) is 0. The average molecular weight is 288 g/mol. The lowest BCUT2D eigenvalue weighted by Crippen LogP contribution is -2.01. The fraction of sp³-hybridized carbons (Fsp3) is 0.125. The number of benzene rings is 2. The third-order valence-electron chi connectivity index (χ3n) is 2.93. The molecule has 5 heteroatoms. The van der Waals surface area contributed by atoms with E-state index in [9.17, 15) is 14.0 Å². The topological polar surface area (TPSA) is 63.6 Å². The molecule has 0 saturated carbocycles. The Bertz CT molecular complexity index is 722. The molecule has 0 radical (unpaired) electrons. The lowest BCUT2D eigenvalue weighted by molar-refractivity contribution is 0.0694. The Morgan fingerprint density at radius 3 is 2.38 bits per heavy atom. The first-order valence-corrected chi connectivity index (χ1v) is 6.21. The molecule has 0 bridgehead atoms. The Kier molecular flexibility index (Phi) is 4.03. The van der Waals surface area contributed by atoms with E-state index in [1.807, 2.05) is 0 Å². The van der Waals surface area contributed by atoms with Crippen molar-refractivity contribution < 1.29 is 23.8 Å². The Labute approximate surface area is 120 Å². The highest BCUT2D eigenvalue weighted by molar-refractivity contribution is 5.94. The molecule has 0 amide bonds. The third-order valence-corrected chi connectivity index (χ3v) is 2.93. The summed E-state index contributed by atoms with van der Waals surface area (Å²) in [5.74, 6) is -2.22. The minimum Gasteiger partial charge on any atom is -0.478 e. The standard InChI is InChI=1S/C16H13FO4/c1-9-3-5-12(16(19)20)15(7-9)21-14-6-4-11(10(2)18)8-13(14)17/h3-8H,1-2H3,(H,19,20). The molecule has 2 aromatic rings. The molecular formula is C16H13FO4. The maximum absolute atomic E-state index is 13.9. The second-order valence-electron chi connectivity index (χ2n) is 4.61. The Morgan fingerprint density at radius 2 is 1.81 bits per heavy atom. The first kappa shape index (κ1) is 14.7. The molecule has 0 aliphatic carbocycles. The van der Waals surface area contributed by atoms with Crippen molar-refractivity contribution in [3.63, 3.8) is 0 Å². The van der Waals surface area contributed by atoms with E-state index in [1.165, 1.54) is 31.2 Å². The van der Waals surface area contributed by atoms with Gasteiger partial charge in [0.1, 0.15) is 11.3 Å². The lowest BCUT2D eigenvalue weighted by Gasteiger charge is -2.11. The van der Waals surface area contributed by atoms with Gasteiger partial charge < -0.3 is 9.84 Å². The summed E-state index contributed by atoms with van der Waals surface area (Å²) in [7, 11) is 0. The van der Waals surface area contributed by atoms with Crippen LogP contribution in [0.5, 0.6) is 11.5 Å². The van der Waals surface area contributed by atoms with Crippen molar-refractivity contribution in [1.82, 2.24) is 0 Å². The van der Waals surface area contributed by atoms with Crippen LogP contribution < -0.4 is 4.74 Å². The van der Waals surface area contributed by atoms with Crippen molar-refractivity contribution in [3.05, 3.63) is 58.9 Å². The number of aromatic carboxylic acids is 1. The maximum atomic E-state index is 13.9. The van der Waals surface area contributed by atoms with Gasteiger partial charge in [-0.15, -0.1) is 0 Å². The highest BCUT2D eigenvalue weighted by atomic mass is 19.1. The fourth-order valence-corrected chi connectivity index (χ4v) is 1.81. The molecule has 0 spiro atoms. The second kappa shape index (κ2) is 5.75. The van der Waals surface area contributed by atoms with E-state index in [2.05, 4.69) is 0 Å². The van der Waals surface area contributed by atoms with E-state index in [0.29, 0.717) is 0 Å². The minimum absolute atomic E-state index is 0.0528. The summed E-state index contributed by atoms with van der Waals surface area (Å²) >= 11 is 0. The number of carbonyl (C=O) groups excluding carboxylic acids is 1. The number of halogens is 1. The largest absolute Gasteiger partial charge is 0.478 e. The van der Waals surface area contributed by atoms with Gasteiger partial charge in [0.2, 0.25) is 0 Å². The molecule has 1 N–H and O–H groups in total. The highest BCUT2D eigenvalue weighted by Crippen LogP contribution is 2.29. The molecule has 0 saturated heterocycles. The van der Waals surface area contributed by atoms with Crippen LogP contribution in [-0.2, 0) is 0 Å². The summed E-state index contributed by atoms with van der Waals surface area (Å²) in [5, 5.41) is 9.10. The number of aryl methyl sites for hydroxylation is 1. The normalized spacial score (nSPS) is 10.2. The van der Waals surface area contributed by atoms with E-state index >= 15 is 0 Å². The van der Waals surface area contributed by atoms with Crippen molar-refractivity contribution in [1.29, 1.82) is 0 Å². The molecular weight excluding hydrogens is 275 g/mol. The molecule has 0 aromatic heterocycles. The number of ketones is 1. The van der Waals surface area contributed by atoms with Gasteiger partial charge in [-0.05, 0) is 49.7 Å². The molecule has 4 nitrogen and oxygen atoms in total. The van der Waals surface area contributed by atoms with Crippen LogP contribution >= 0.6 is 0 Å². The van der Waals surface area contributed by atoms with Crippen LogP contribution in [0.25, 0.3) is 0 Å². The lowest BCUT2D eigenvalue weighted by atomic mass is 10.1. The number of hydrogen-bond acceptors (Lipinski definition) is 3. The minimum atomic E-state index is -1.16. The number of carboxylic acid groups (broad SMARTS) is 1. The van der Waals surface area contributed by atoms with Gasteiger partial charge in [0.05, 0.1) is 0 Å². The van der Waals surface area contributed by atoms with Crippen LogP contribution in [0.1, 0.15) is 33.2 Å². The smallest absolute Gasteiger partial charge is 0.339 e. The first-order chi connectivity index (χ1) is 9.88. The van der Waals surface area contributed by atoms with Crippen LogP contribution in [0.15, 0.2) is 36.4 Å². The predicted molar refractivity (Wildman–Crippen MR) is 74.6 cm³/mol. The quantitative estimate of drug-likeness (QED) is 0.868. The zero-order chi connectivity index (χ0) is 15.6. The zero-order valence-electron chi connectivity index (χ0n) is 11.5. The van der Waals surface area contributed by atoms with Gasteiger partial charge in [-0.2, -0.15) is 0 Å². The van der Waals surface area contributed by atoms with Crippen LogP contribution in [0, 0.1) is 12.7 Å². The van der Waals surface area contributed by atoms with Gasteiger partial charge in [-0.1, -0.05) is 6.07 Å². The van der Waals surface area contributed by atoms with Gasteiger partial charge in [-0.25, -0.2) is 9.18 Å². The van der Waals surface area contributed by atoms with E-state index in [4.69, 9.17) is 9.84 Å². The summed E-state index contributed by atoms with van der Waals surface area (Å²) in [6.45, 7) is 3.10. The van der Waals surface area contributed by atoms with Crippen LogP contribution in [0.4, 0.5) is 4.39 Å². The summed E-state index contributed by atoms with van der Waals surface area (Å²) in [5.41, 5.74) is 0.953. The molecule has 0 heterocycles. The third kappa shape index (κ3) is 3.25. The molecule has 0 aliphatic rings. The van der Waals surface area contributed by atoms with Crippen LogP contribution in [0.2, 0.25) is 0 Å². The van der Waals surface area contributed by atoms with Crippen molar-refractivity contribution in [3.8, 4) is 11.5 Å². The van der Waals surface area contributed by atoms with Gasteiger partial charge in [0.15, 0.2) is 17.3 Å². The maximum Gasteiger partial charge on any atom is 0.339 e. The number of rotatable bonds is 4. The van der Waals surface area contributed by atoms with Crippen molar-refractivity contribution in [2.75, 3.05) is 0 Å². The van der Waals surface area contributed by atoms with Gasteiger partial charge >= 0.3 is 5.97 Å². The summed E-state index contributed by atoms with van der Waals surface area (Å²) < 4.78 is 19.3. The monoisotopic (exact) mass is 288 g/mol. The Balaban J connectivity index is 2.40. The number of ether oxygens (including phenoxy) is 1. The molecule has 0 unspecified atom stereocenters. The van der Waals surface area contributed by atoms with Crippen molar-refractivity contribution >= 4 is 11.8 Å². The zero-order valence-corrected chi connectivity index (χ0v) is 11.5. The first-order valence-electron chi connectivity index (χ1n) is 6.21.